The van der Waals surface area contributed by atoms with E-state index in [0.717, 1.165) is 17.7 Å². The number of anilines is 3. The molecule has 2 N–H and O–H groups in total. The summed E-state index contributed by atoms with van der Waals surface area (Å²) in [7, 11) is -3.71. The molecule has 0 radical (unpaired) electrons. The Labute approximate surface area is 189 Å². The second-order valence-corrected chi connectivity index (χ2v) is 9.35. The van der Waals surface area contributed by atoms with Gasteiger partial charge in [0.1, 0.15) is 0 Å². The predicted molar refractivity (Wildman–Crippen MR) is 120 cm³/mol. The number of halogens is 3. The van der Waals surface area contributed by atoms with E-state index in [1.807, 2.05) is 0 Å². The minimum absolute atomic E-state index is 0.205. The van der Waals surface area contributed by atoms with Crippen molar-refractivity contribution < 1.29 is 26.4 Å². The van der Waals surface area contributed by atoms with E-state index in [9.17, 15) is 26.4 Å². The maximum Gasteiger partial charge on any atom is 0.416 e. The zero-order valence-electron chi connectivity index (χ0n) is 17.3. The molecule has 0 saturated carbocycles. The third kappa shape index (κ3) is 4.95. The van der Waals surface area contributed by atoms with Gasteiger partial charge in [0, 0.05) is 17.9 Å². The number of carbonyl (C=O) groups is 1. The first kappa shape index (κ1) is 22.7. The van der Waals surface area contributed by atoms with Gasteiger partial charge in [-0.1, -0.05) is 18.2 Å². The van der Waals surface area contributed by atoms with E-state index in [4.69, 9.17) is 0 Å². The monoisotopic (exact) mass is 475 g/mol. The highest BCUT2D eigenvalue weighted by atomic mass is 32.2. The molecule has 2 amide bonds. The largest absolute Gasteiger partial charge is 0.416 e. The summed E-state index contributed by atoms with van der Waals surface area (Å²) in [5.41, 5.74) is 1.17. The van der Waals surface area contributed by atoms with E-state index < -0.39 is 27.8 Å². The number of rotatable bonds is 4. The normalized spacial score (nSPS) is 13.8. The van der Waals surface area contributed by atoms with Crippen molar-refractivity contribution in [1.82, 2.24) is 0 Å². The Hall–Kier alpha value is -3.53. The molecule has 4 rings (SSSR count). The van der Waals surface area contributed by atoms with Crippen LogP contribution in [0.3, 0.4) is 0 Å². The van der Waals surface area contributed by atoms with Crippen LogP contribution in [0.2, 0.25) is 0 Å². The number of hydrogen-bond donors (Lipinski definition) is 2. The molecule has 0 fully saturated rings. The number of nitrogens with one attached hydrogen (secondary N) is 2. The fourth-order valence-electron chi connectivity index (χ4n) is 3.65. The Morgan fingerprint density at radius 2 is 1.52 bits per heavy atom. The van der Waals surface area contributed by atoms with Gasteiger partial charge in [-0.2, -0.15) is 13.2 Å². The molecule has 0 unspecified atom stereocenters. The number of benzene rings is 3. The third-order valence-electron chi connectivity index (χ3n) is 5.21. The van der Waals surface area contributed by atoms with E-state index in [2.05, 4.69) is 10.6 Å². The number of aryl methyl sites for hydroxylation is 1. The fraction of sp³-hybridized carbons (Fsp3) is 0.174. The zero-order valence-corrected chi connectivity index (χ0v) is 18.1. The van der Waals surface area contributed by atoms with Crippen LogP contribution in [-0.4, -0.2) is 21.0 Å². The summed E-state index contributed by atoms with van der Waals surface area (Å²) < 4.78 is 65.5. The van der Waals surface area contributed by atoms with E-state index in [-0.39, 0.29) is 10.6 Å². The summed E-state index contributed by atoms with van der Waals surface area (Å²) in [6, 6.07) is 16.6. The van der Waals surface area contributed by atoms with Crippen LogP contribution < -0.4 is 14.9 Å². The van der Waals surface area contributed by atoms with Crippen molar-refractivity contribution in [3.05, 3.63) is 83.9 Å². The molecule has 0 saturated heterocycles. The molecule has 1 heterocycles. The number of hydrogen-bond acceptors (Lipinski definition) is 3. The van der Waals surface area contributed by atoms with Crippen LogP contribution in [0.25, 0.3) is 0 Å². The van der Waals surface area contributed by atoms with Gasteiger partial charge in [-0.3, -0.25) is 4.31 Å². The summed E-state index contributed by atoms with van der Waals surface area (Å²) in [4.78, 5) is 12.5. The lowest BCUT2D eigenvalue weighted by molar-refractivity contribution is -0.137. The van der Waals surface area contributed by atoms with Crippen LogP contribution in [0.15, 0.2) is 77.7 Å². The second kappa shape index (κ2) is 8.78. The molecule has 3 aromatic carbocycles. The summed E-state index contributed by atoms with van der Waals surface area (Å²) in [5.74, 6) is 0. The molecule has 6 nitrogen and oxygen atoms in total. The quantitative estimate of drug-likeness (QED) is 0.524. The molecule has 0 aromatic heterocycles. The first-order valence-electron chi connectivity index (χ1n) is 10.1. The second-order valence-electron chi connectivity index (χ2n) is 7.49. The van der Waals surface area contributed by atoms with Crippen molar-refractivity contribution in [2.24, 2.45) is 0 Å². The molecule has 0 spiro atoms. The van der Waals surface area contributed by atoms with E-state index in [1.54, 1.807) is 48.5 Å². The summed E-state index contributed by atoms with van der Waals surface area (Å²) in [6.45, 7) is 0.353. The van der Waals surface area contributed by atoms with Gasteiger partial charge in [-0.25, -0.2) is 13.2 Å². The highest BCUT2D eigenvalue weighted by molar-refractivity contribution is 7.92. The fourth-order valence-corrected chi connectivity index (χ4v) is 5.21. The van der Waals surface area contributed by atoms with Crippen LogP contribution in [0.5, 0.6) is 0 Å². The third-order valence-corrected chi connectivity index (χ3v) is 7.04. The number of sulfonamides is 1. The van der Waals surface area contributed by atoms with Gasteiger partial charge in [0.05, 0.1) is 16.1 Å². The van der Waals surface area contributed by atoms with Gasteiger partial charge >= 0.3 is 12.2 Å². The van der Waals surface area contributed by atoms with E-state index in [0.29, 0.717) is 30.8 Å². The number of amides is 2. The SMILES string of the molecule is O=C(Nc1ccc(C(F)(F)F)cc1)Nc1ccc2c(c1)CCCN2S(=O)(=O)c1ccccc1. The van der Waals surface area contributed by atoms with E-state index >= 15 is 0 Å². The first-order chi connectivity index (χ1) is 15.6. The Bertz CT molecular complexity index is 1260. The minimum atomic E-state index is -4.45. The van der Waals surface area contributed by atoms with Gasteiger partial charge < -0.3 is 10.6 Å². The average Bonchev–Trinajstić information content (AvgIpc) is 2.79. The van der Waals surface area contributed by atoms with Crippen molar-refractivity contribution in [3.8, 4) is 0 Å². The van der Waals surface area contributed by atoms with Crippen LogP contribution in [0.4, 0.5) is 35.0 Å². The van der Waals surface area contributed by atoms with Crippen LogP contribution >= 0.6 is 0 Å². The maximum atomic E-state index is 13.1. The molecule has 10 heteroatoms. The topological polar surface area (TPSA) is 78.5 Å². The maximum absolute atomic E-state index is 13.1. The molecule has 0 bridgehead atoms. The van der Waals surface area contributed by atoms with Gasteiger partial charge in [0.25, 0.3) is 10.0 Å². The van der Waals surface area contributed by atoms with Crippen LogP contribution in [-0.2, 0) is 22.6 Å². The van der Waals surface area contributed by atoms with Gasteiger partial charge in [0.15, 0.2) is 0 Å². The molecule has 3 aromatic rings. The average molecular weight is 475 g/mol. The highest BCUT2D eigenvalue weighted by Crippen LogP contribution is 2.34. The highest BCUT2D eigenvalue weighted by Gasteiger charge is 2.30. The first-order valence-corrected chi connectivity index (χ1v) is 11.5. The van der Waals surface area contributed by atoms with Crippen molar-refractivity contribution in [1.29, 1.82) is 0 Å². The van der Waals surface area contributed by atoms with Crippen molar-refractivity contribution in [2.75, 3.05) is 21.5 Å². The minimum Gasteiger partial charge on any atom is -0.308 e. The number of carbonyl (C=O) groups excluding carboxylic acids is 1. The lowest BCUT2D eigenvalue weighted by Crippen LogP contribution is -2.35. The van der Waals surface area contributed by atoms with Crippen molar-refractivity contribution in [2.45, 2.75) is 23.9 Å². The number of urea groups is 1. The molecule has 0 aliphatic carbocycles. The lowest BCUT2D eigenvalue weighted by Gasteiger charge is -2.30. The lowest BCUT2D eigenvalue weighted by atomic mass is 10.0. The summed E-state index contributed by atoms with van der Waals surface area (Å²) in [5, 5.41) is 5.11. The van der Waals surface area contributed by atoms with Crippen LogP contribution in [0, 0.1) is 0 Å². The van der Waals surface area contributed by atoms with E-state index in [1.165, 1.54) is 16.4 Å². The Balaban J connectivity index is 1.49. The van der Waals surface area contributed by atoms with Gasteiger partial charge in [-0.15, -0.1) is 0 Å². The number of nitrogens with zero attached hydrogens (tertiary/aromatic N) is 1. The number of alkyl halides is 3. The molecular weight excluding hydrogens is 455 g/mol. The molecule has 33 heavy (non-hydrogen) atoms. The zero-order chi connectivity index (χ0) is 23.6. The molecule has 172 valence electrons. The van der Waals surface area contributed by atoms with Crippen LogP contribution in [0.1, 0.15) is 17.5 Å². The van der Waals surface area contributed by atoms with Crippen molar-refractivity contribution >= 4 is 33.1 Å². The Morgan fingerprint density at radius 3 is 2.18 bits per heavy atom. The molecule has 1 aliphatic rings. The molecular formula is C23H20F3N3O3S. The summed E-state index contributed by atoms with van der Waals surface area (Å²) in [6.07, 6.45) is -3.18. The molecule has 1 aliphatic heterocycles. The summed E-state index contributed by atoms with van der Waals surface area (Å²) >= 11 is 0. The molecule has 0 atom stereocenters. The number of fused-ring (bicyclic) bond motifs is 1. The predicted octanol–water partition coefficient (Wildman–Crippen LogP) is 5.49. The Morgan fingerprint density at radius 1 is 0.879 bits per heavy atom. The van der Waals surface area contributed by atoms with Crippen molar-refractivity contribution in [3.63, 3.8) is 0 Å². The Kier molecular flexibility index (Phi) is 6.03. The van der Waals surface area contributed by atoms with Gasteiger partial charge in [-0.05, 0) is 73.0 Å². The standard InChI is InChI=1S/C23H20F3N3O3S/c24-23(25,26)17-8-10-18(11-9-17)27-22(30)28-19-12-13-21-16(15-19)5-4-14-29(21)33(31,32)20-6-2-1-3-7-20/h1-3,6-13,15H,4-5,14H2,(H2,27,28,30). The smallest absolute Gasteiger partial charge is 0.308 e. The van der Waals surface area contributed by atoms with Gasteiger partial charge in [0.2, 0.25) is 0 Å².